The maximum Gasteiger partial charge on any atom is 0.242 e. The van der Waals surface area contributed by atoms with Crippen molar-refractivity contribution in [2.75, 3.05) is 14.1 Å². The van der Waals surface area contributed by atoms with Gasteiger partial charge in [0.05, 0.1) is 15.9 Å². The number of rotatable bonds is 9. The molecular weight excluding hydrogens is 424 g/mol. The van der Waals surface area contributed by atoms with Gasteiger partial charge in [-0.1, -0.05) is 30.3 Å². The van der Waals surface area contributed by atoms with Gasteiger partial charge in [0, 0.05) is 46.1 Å². The maximum atomic E-state index is 13.1. The van der Waals surface area contributed by atoms with Crippen LogP contribution in [0.3, 0.4) is 0 Å². The van der Waals surface area contributed by atoms with E-state index in [0.29, 0.717) is 37.5 Å². The molecule has 0 aliphatic heterocycles. The number of hydrogen-bond acceptors (Lipinski definition) is 4. The molecule has 1 amide bonds. The largest absolute Gasteiger partial charge is 0.335 e. The number of sulfonamides is 1. The summed E-state index contributed by atoms with van der Waals surface area (Å²) in [5.74, 6) is 0.952. The number of aromatic nitrogens is 2. The van der Waals surface area contributed by atoms with Crippen LogP contribution in [0.1, 0.15) is 37.6 Å². The number of hydrogen-bond donors (Lipinski definition) is 0. The normalized spacial score (nSPS) is 14.2. The van der Waals surface area contributed by atoms with Crippen molar-refractivity contribution >= 4 is 27.0 Å². The van der Waals surface area contributed by atoms with Crippen molar-refractivity contribution in [2.45, 2.75) is 56.6 Å². The average Bonchev–Trinajstić information content (AvgIpc) is 3.56. The van der Waals surface area contributed by atoms with Gasteiger partial charge in [0.15, 0.2) is 0 Å². The predicted molar refractivity (Wildman–Crippen MR) is 125 cm³/mol. The van der Waals surface area contributed by atoms with Crippen molar-refractivity contribution in [3.8, 4) is 0 Å². The summed E-state index contributed by atoms with van der Waals surface area (Å²) in [6, 6.07) is 15.5. The monoisotopic (exact) mass is 454 g/mol. The van der Waals surface area contributed by atoms with Crippen molar-refractivity contribution in [2.24, 2.45) is 0 Å². The van der Waals surface area contributed by atoms with Gasteiger partial charge in [-0.05, 0) is 43.5 Å². The summed E-state index contributed by atoms with van der Waals surface area (Å²) in [4.78, 5) is 20.0. The Hall–Kier alpha value is -2.71. The third-order valence-electron chi connectivity index (χ3n) is 5.96. The van der Waals surface area contributed by atoms with Crippen molar-refractivity contribution in [3.63, 3.8) is 0 Å². The molecule has 32 heavy (non-hydrogen) atoms. The first-order valence-corrected chi connectivity index (χ1v) is 12.5. The third kappa shape index (κ3) is 4.56. The van der Waals surface area contributed by atoms with Gasteiger partial charge < -0.3 is 9.47 Å². The Morgan fingerprint density at radius 3 is 2.47 bits per heavy atom. The van der Waals surface area contributed by atoms with E-state index >= 15 is 0 Å². The molecule has 1 heterocycles. The summed E-state index contributed by atoms with van der Waals surface area (Å²) in [6.45, 7) is 3.37. The highest BCUT2D eigenvalue weighted by molar-refractivity contribution is 7.89. The molecule has 0 N–H and O–H groups in total. The quantitative estimate of drug-likeness (QED) is 0.496. The van der Waals surface area contributed by atoms with E-state index < -0.39 is 10.0 Å². The van der Waals surface area contributed by atoms with Crippen LogP contribution in [0.15, 0.2) is 53.4 Å². The summed E-state index contributed by atoms with van der Waals surface area (Å²) in [5, 5.41) is 0. The summed E-state index contributed by atoms with van der Waals surface area (Å²) in [5.41, 5.74) is 2.67. The van der Waals surface area contributed by atoms with Crippen LogP contribution < -0.4 is 0 Å². The molecule has 1 fully saturated rings. The molecule has 8 heteroatoms. The van der Waals surface area contributed by atoms with Crippen molar-refractivity contribution in [1.29, 1.82) is 0 Å². The van der Waals surface area contributed by atoms with E-state index in [9.17, 15) is 13.2 Å². The fourth-order valence-electron chi connectivity index (χ4n) is 4.02. The molecule has 0 atom stereocenters. The van der Waals surface area contributed by atoms with E-state index in [-0.39, 0.29) is 10.8 Å². The second-order valence-corrected chi connectivity index (χ2v) is 10.6. The van der Waals surface area contributed by atoms with E-state index in [1.807, 2.05) is 30.0 Å². The Morgan fingerprint density at radius 1 is 1.12 bits per heavy atom. The van der Waals surface area contributed by atoms with Crippen molar-refractivity contribution < 1.29 is 13.2 Å². The van der Waals surface area contributed by atoms with Gasteiger partial charge >= 0.3 is 0 Å². The summed E-state index contributed by atoms with van der Waals surface area (Å²) in [6.07, 6.45) is 3.04. The van der Waals surface area contributed by atoms with Crippen LogP contribution in [-0.4, -0.2) is 53.2 Å². The lowest BCUT2D eigenvalue weighted by Crippen LogP contribution is -2.32. The van der Waals surface area contributed by atoms with Gasteiger partial charge in [-0.15, -0.1) is 0 Å². The second kappa shape index (κ2) is 9.03. The minimum Gasteiger partial charge on any atom is -0.335 e. The smallest absolute Gasteiger partial charge is 0.242 e. The molecule has 1 aromatic heterocycles. The maximum absolute atomic E-state index is 13.1. The van der Waals surface area contributed by atoms with E-state index in [0.717, 1.165) is 29.7 Å². The van der Waals surface area contributed by atoms with Crippen LogP contribution in [0.25, 0.3) is 11.0 Å². The molecule has 170 valence electrons. The molecule has 0 saturated heterocycles. The molecule has 1 aliphatic carbocycles. The summed E-state index contributed by atoms with van der Waals surface area (Å²) >= 11 is 0. The Kier molecular flexibility index (Phi) is 6.35. The lowest BCUT2D eigenvalue weighted by Gasteiger charge is -2.22. The zero-order valence-electron chi connectivity index (χ0n) is 18.9. The highest BCUT2D eigenvalue weighted by Gasteiger charge is 2.32. The van der Waals surface area contributed by atoms with Gasteiger partial charge in [-0.25, -0.2) is 17.7 Å². The zero-order valence-corrected chi connectivity index (χ0v) is 19.7. The van der Waals surface area contributed by atoms with E-state index in [2.05, 4.69) is 16.7 Å². The van der Waals surface area contributed by atoms with Crippen LogP contribution in [0.5, 0.6) is 0 Å². The first kappa shape index (κ1) is 22.5. The Labute approximate surface area is 189 Å². The predicted octanol–water partition coefficient (Wildman–Crippen LogP) is 3.43. The molecule has 2 aromatic carbocycles. The fraction of sp³-hybridized carbons (Fsp3) is 0.417. The molecule has 0 spiro atoms. The third-order valence-corrected chi connectivity index (χ3v) is 7.77. The number of benzene rings is 2. The molecule has 0 radical (unpaired) electrons. The highest BCUT2D eigenvalue weighted by Crippen LogP contribution is 2.29. The van der Waals surface area contributed by atoms with Crippen molar-refractivity contribution in [1.82, 2.24) is 18.8 Å². The number of amides is 1. The molecular formula is C24H30N4O3S. The highest BCUT2D eigenvalue weighted by atomic mass is 32.2. The lowest BCUT2D eigenvalue weighted by molar-refractivity contribution is -0.132. The topological polar surface area (TPSA) is 75.5 Å². The summed E-state index contributed by atoms with van der Waals surface area (Å²) in [7, 11) is -0.492. The minimum atomic E-state index is -3.52. The molecule has 0 unspecified atom stereocenters. The Balaban J connectivity index is 1.53. The second-order valence-electron chi connectivity index (χ2n) is 8.45. The number of carbonyl (C=O) groups excluding carboxylic acids is 1. The minimum absolute atomic E-state index is 0.141. The van der Waals surface area contributed by atoms with Crippen LogP contribution >= 0.6 is 0 Å². The number of nitrogens with zero attached hydrogens (tertiary/aromatic N) is 4. The number of carbonyl (C=O) groups is 1. The first-order valence-electron chi connectivity index (χ1n) is 11.1. The van der Waals surface area contributed by atoms with Crippen molar-refractivity contribution in [3.05, 3.63) is 59.9 Å². The van der Waals surface area contributed by atoms with Crippen LogP contribution in [0, 0.1) is 0 Å². The van der Waals surface area contributed by atoms with Gasteiger partial charge in [-0.3, -0.25) is 4.79 Å². The molecule has 3 aromatic rings. The first-order chi connectivity index (χ1) is 15.3. The molecule has 4 rings (SSSR count). The molecule has 0 bridgehead atoms. The number of aryl methyl sites for hydroxylation is 2. The number of fused-ring (bicyclic) bond motifs is 1. The molecule has 7 nitrogen and oxygen atoms in total. The fourth-order valence-corrected chi connectivity index (χ4v) is 4.95. The summed E-state index contributed by atoms with van der Waals surface area (Å²) < 4.78 is 28.2. The zero-order chi connectivity index (χ0) is 22.9. The van der Waals surface area contributed by atoms with Gasteiger partial charge in [0.1, 0.15) is 5.82 Å². The standard InChI is InChI=1S/C24H30N4O3S/c1-4-27-22-13-12-20(32(30,31)26(2)3)16-21(22)25-23(27)14-15-24(29)28(19-10-11-19)17-18-8-6-5-7-9-18/h5-9,12-13,16,19H,4,10-11,14-15,17H2,1-3H3. The van der Waals surface area contributed by atoms with Crippen LogP contribution in [0.2, 0.25) is 0 Å². The Bertz CT molecular complexity index is 1210. The van der Waals surface area contributed by atoms with Gasteiger partial charge in [0.2, 0.25) is 15.9 Å². The van der Waals surface area contributed by atoms with E-state index in [1.165, 1.54) is 18.4 Å². The Morgan fingerprint density at radius 2 is 1.84 bits per heavy atom. The van der Waals surface area contributed by atoms with E-state index in [4.69, 9.17) is 4.98 Å². The molecule has 1 saturated carbocycles. The van der Waals surface area contributed by atoms with Gasteiger partial charge in [0.25, 0.3) is 0 Å². The SMILES string of the molecule is CCn1c(CCC(=O)N(Cc2ccccc2)C2CC2)nc2cc(S(=O)(=O)N(C)C)ccc21. The van der Waals surface area contributed by atoms with Crippen LogP contribution in [0.4, 0.5) is 0 Å². The van der Waals surface area contributed by atoms with Crippen LogP contribution in [-0.2, 0) is 34.3 Å². The number of imidazole rings is 1. The van der Waals surface area contributed by atoms with E-state index in [1.54, 1.807) is 18.2 Å². The molecule has 1 aliphatic rings. The lowest BCUT2D eigenvalue weighted by atomic mass is 10.2. The van der Waals surface area contributed by atoms with Gasteiger partial charge in [-0.2, -0.15) is 0 Å². The average molecular weight is 455 g/mol.